The van der Waals surface area contributed by atoms with Gasteiger partial charge in [-0.3, -0.25) is 10.1 Å². The summed E-state index contributed by atoms with van der Waals surface area (Å²) in [7, 11) is 0. The molecule has 1 fully saturated rings. The lowest BCUT2D eigenvalue weighted by Crippen LogP contribution is -2.49. The van der Waals surface area contributed by atoms with E-state index in [1.54, 1.807) is 16.7 Å². The molecule has 1 saturated heterocycles. The first-order chi connectivity index (χ1) is 11.4. The minimum absolute atomic E-state index is 0.00658. The van der Waals surface area contributed by atoms with Crippen LogP contribution in [0.5, 0.6) is 0 Å². The third-order valence-electron chi connectivity index (χ3n) is 3.52. The van der Waals surface area contributed by atoms with Crippen molar-refractivity contribution in [2.45, 2.75) is 26.8 Å². The summed E-state index contributed by atoms with van der Waals surface area (Å²) in [6, 6.07) is 0.00658. The van der Waals surface area contributed by atoms with E-state index in [1.165, 1.54) is 6.33 Å². The highest BCUT2D eigenvalue weighted by Crippen LogP contribution is 2.32. The highest BCUT2D eigenvalue weighted by Gasteiger charge is 2.30. The summed E-state index contributed by atoms with van der Waals surface area (Å²) in [6.45, 7) is 7.56. The lowest BCUT2D eigenvalue weighted by molar-refractivity contribution is -0.383. The first-order valence-electron chi connectivity index (χ1n) is 7.86. The summed E-state index contributed by atoms with van der Waals surface area (Å²) < 4.78 is 4.97. The molecule has 132 valence electrons. The summed E-state index contributed by atoms with van der Waals surface area (Å²) in [5, 5.41) is 14.5. The fourth-order valence-corrected chi connectivity index (χ4v) is 2.46. The maximum absolute atomic E-state index is 11.7. The zero-order chi connectivity index (χ0) is 17.7. The predicted octanol–water partition coefficient (Wildman–Crippen LogP) is 1.48. The number of carbonyl (C=O) groups is 1. The average molecular weight is 338 g/mol. The smallest absolute Gasteiger partial charge is 0.409 e. The van der Waals surface area contributed by atoms with Crippen LogP contribution in [0.25, 0.3) is 0 Å². The topological polar surface area (TPSA) is 114 Å². The van der Waals surface area contributed by atoms with E-state index in [9.17, 15) is 14.9 Å². The maximum Gasteiger partial charge on any atom is 0.409 e. The molecule has 1 aromatic rings. The second-order valence-corrected chi connectivity index (χ2v) is 5.62. The monoisotopic (exact) mass is 338 g/mol. The van der Waals surface area contributed by atoms with Crippen LogP contribution in [0.4, 0.5) is 22.1 Å². The van der Waals surface area contributed by atoms with Crippen LogP contribution in [0.3, 0.4) is 0 Å². The Bertz CT molecular complexity index is 601. The number of aromatic nitrogens is 2. The van der Waals surface area contributed by atoms with E-state index in [0.717, 1.165) is 0 Å². The van der Waals surface area contributed by atoms with Crippen LogP contribution in [-0.4, -0.2) is 64.7 Å². The van der Waals surface area contributed by atoms with E-state index < -0.39 is 4.92 Å². The Kier molecular flexibility index (Phi) is 5.72. The molecule has 1 aromatic heterocycles. The van der Waals surface area contributed by atoms with Gasteiger partial charge in [0, 0.05) is 32.2 Å². The molecule has 0 aliphatic carbocycles. The van der Waals surface area contributed by atoms with Crippen LogP contribution >= 0.6 is 0 Å². The highest BCUT2D eigenvalue weighted by molar-refractivity contribution is 5.71. The Morgan fingerprint density at radius 3 is 2.58 bits per heavy atom. The molecular weight excluding hydrogens is 316 g/mol. The summed E-state index contributed by atoms with van der Waals surface area (Å²) in [5.41, 5.74) is -0.143. The Labute approximate surface area is 140 Å². The summed E-state index contributed by atoms with van der Waals surface area (Å²) in [5.74, 6) is 0.467. The largest absolute Gasteiger partial charge is 0.450 e. The number of nitrogens with zero attached hydrogens (tertiary/aromatic N) is 5. The molecule has 1 aliphatic heterocycles. The lowest BCUT2D eigenvalue weighted by Gasteiger charge is -2.34. The quantitative estimate of drug-likeness (QED) is 0.634. The molecular formula is C14H22N6O4. The van der Waals surface area contributed by atoms with Gasteiger partial charge in [-0.2, -0.15) is 0 Å². The molecule has 10 heteroatoms. The van der Waals surface area contributed by atoms with E-state index in [0.29, 0.717) is 32.8 Å². The molecule has 0 unspecified atom stereocenters. The number of hydrogen-bond donors (Lipinski definition) is 1. The van der Waals surface area contributed by atoms with Gasteiger partial charge in [-0.1, -0.05) is 0 Å². The molecule has 0 atom stereocenters. The van der Waals surface area contributed by atoms with Gasteiger partial charge in [0.05, 0.1) is 11.5 Å². The van der Waals surface area contributed by atoms with Crippen molar-refractivity contribution in [1.29, 1.82) is 0 Å². The SMILES string of the molecule is CCOC(=O)N1CCN(c2ncnc(NC(C)C)c2[N+](=O)[O-])CC1. The van der Waals surface area contributed by atoms with E-state index in [-0.39, 0.29) is 29.5 Å². The fraction of sp³-hybridized carbons (Fsp3) is 0.643. The molecule has 0 spiro atoms. The molecule has 1 N–H and O–H groups in total. The van der Waals surface area contributed by atoms with Gasteiger partial charge in [-0.25, -0.2) is 14.8 Å². The normalized spacial score (nSPS) is 14.7. The standard InChI is InChI=1S/C14H22N6O4/c1-4-24-14(21)19-7-5-18(6-8-19)13-11(20(22)23)12(15-9-16-13)17-10(2)3/h9-10H,4-8H2,1-3H3,(H,15,16,17). The van der Waals surface area contributed by atoms with Gasteiger partial charge in [0.25, 0.3) is 0 Å². The minimum Gasteiger partial charge on any atom is -0.450 e. The number of anilines is 2. The summed E-state index contributed by atoms with van der Waals surface area (Å²) in [6.07, 6.45) is 0.946. The number of amides is 1. The third kappa shape index (κ3) is 4.00. The molecule has 2 heterocycles. The van der Waals surface area contributed by atoms with Crippen LogP contribution in [-0.2, 0) is 4.74 Å². The molecule has 24 heavy (non-hydrogen) atoms. The highest BCUT2D eigenvalue weighted by atomic mass is 16.6. The van der Waals surface area contributed by atoms with Crippen molar-refractivity contribution in [3.8, 4) is 0 Å². The van der Waals surface area contributed by atoms with Crippen molar-refractivity contribution < 1.29 is 14.5 Å². The molecule has 2 rings (SSSR count). The van der Waals surface area contributed by atoms with Crippen LogP contribution in [0.1, 0.15) is 20.8 Å². The van der Waals surface area contributed by atoms with Gasteiger partial charge < -0.3 is 19.9 Å². The molecule has 0 saturated carbocycles. The number of piperazine rings is 1. The molecule has 0 aromatic carbocycles. The lowest BCUT2D eigenvalue weighted by atomic mass is 10.3. The first kappa shape index (κ1) is 17.7. The van der Waals surface area contributed by atoms with Gasteiger partial charge in [-0.15, -0.1) is 0 Å². The number of hydrogen-bond acceptors (Lipinski definition) is 8. The van der Waals surface area contributed by atoms with E-state index >= 15 is 0 Å². The average Bonchev–Trinajstić information content (AvgIpc) is 2.54. The number of rotatable bonds is 5. The van der Waals surface area contributed by atoms with Crippen LogP contribution in [0, 0.1) is 10.1 Å². The van der Waals surface area contributed by atoms with Gasteiger partial charge >= 0.3 is 11.8 Å². The van der Waals surface area contributed by atoms with Gasteiger partial charge in [0.1, 0.15) is 6.33 Å². The second-order valence-electron chi connectivity index (χ2n) is 5.62. The van der Waals surface area contributed by atoms with Gasteiger partial charge in [0.15, 0.2) is 0 Å². The fourth-order valence-electron chi connectivity index (χ4n) is 2.46. The molecule has 1 amide bonds. The summed E-state index contributed by atoms with van der Waals surface area (Å²) >= 11 is 0. The zero-order valence-electron chi connectivity index (χ0n) is 14.1. The molecule has 0 bridgehead atoms. The molecule has 1 aliphatic rings. The van der Waals surface area contributed by atoms with Crippen molar-refractivity contribution in [1.82, 2.24) is 14.9 Å². The van der Waals surface area contributed by atoms with E-state index in [2.05, 4.69) is 15.3 Å². The number of nitrogens with one attached hydrogen (secondary N) is 1. The Balaban J connectivity index is 2.18. The van der Waals surface area contributed by atoms with Crippen molar-refractivity contribution in [3.63, 3.8) is 0 Å². The van der Waals surface area contributed by atoms with Gasteiger partial charge in [0.2, 0.25) is 11.6 Å². The first-order valence-corrected chi connectivity index (χ1v) is 7.86. The summed E-state index contributed by atoms with van der Waals surface area (Å²) in [4.78, 5) is 34.2. The maximum atomic E-state index is 11.7. The molecule has 0 radical (unpaired) electrons. The molecule has 10 nitrogen and oxygen atoms in total. The zero-order valence-corrected chi connectivity index (χ0v) is 14.1. The van der Waals surface area contributed by atoms with Crippen molar-refractivity contribution in [2.75, 3.05) is 43.0 Å². The Morgan fingerprint density at radius 2 is 2.04 bits per heavy atom. The van der Waals surface area contributed by atoms with Crippen LogP contribution < -0.4 is 10.2 Å². The third-order valence-corrected chi connectivity index (χ3v) is 3.52. The predicted molar refractivity (Wildman–Crippen MR) is 88.3 cm³/mol. The second kappa shape index (κ2) is 7.75. The van der Waals surface area contributed by atoms with Crippen LogP contribution in [0.2, 0.25) is 0 Å². The number of nitro groups is 1. The van der Waals surface area contributed by atoms with Crippen molar-refractivity contribution in [2.24, 2.45) is 0 Å². The van der Waals surface area contributed by atoms with E-state index in [1.807, 2.05) is 13.8 Å². The van der Waals surface area contributed by atoms with Crippen LogP contribution in [0.15, 0.2) is 6.33 Å². The van der Waals surface area contributed by atoms with E-state index in [4.69, 9.17) is 4.74 Å². The number of carbonyl (C=O) groups excluding carboxylic acids is 1. The van der Waals surface area contributed by atoms with Gasteiger partial charge in [-0.05, 0) is 20.8 Å². The van der Waals surface area contributed by atoms with Crippen molar-refractivity contribution >= 4 is 23.4 Å². The Hall–Kier alpha value is -2.65. The minimum atomic E-state index is -0.474. The Morgan fingerprint density at radius 1 is 1.38 bits per heavy atom. The van der Waals surface area contributed by atoms with Crippen molar-refractivity contribution in [3.05, 3.63) is 16.4 Å². The number of ether oxygens (including phenoxy) is 1.